The monoisotopic (exact) mass is 269 g/mol. The van der Waals surface area contributed by atoms with Gasteiger partial charge in [-0.15, -0.1) is 0 Å². The number of hydrogen-bond donors (Lipinski definition) is 1. The Balaban J connectivity index is 2.01. The predicted octanol–water partition coefficient (Wildman–Crippen LogP) is 2.35. The summed E-state index contributed by atoms with van der Waals surface area (Å²) in [5.41, 5.74) is 1.09. The van der Waals surface area contributed by atoms with E-state index >= 15 is 0 Å². The number of nitrogens with zero attached hydrogens (tertiary/aromatic N) is 2. The molecule has 2 atom stereocenters. The molecule has 0 aliphatic carbocycles. The van der Waals surface area contributed by atoms with Crippen LogP contribution in [-0.4, -0.2) is 35.6 Å². The van der Waals surface area contributed by atoms with Gasteiger partial charge in [0.15, 0.2) is 0 Å². The molecule has 15 heavy (non-hydrogen) atoms. The summed E-state index contributed by atoms with van der Waals surface area (Å²) in [6.45, 7) is 3.36. The maximum atomic E-state index is 4.20. The fourth-order valence-electron chi connectivity index (χ4n) is 2.01. The average Bonchev–Trinajstić information content (AvgIpc) is 2.50. The van der Waals surface area contributed by atoms with Gasteiger partial charge >= 0.3 is 0 Å². The van der Waals surface area contributed by atoms with Crippen LogP contribution in [0.15, 0.2) is 22.9 Å². The smallest absolute Gasteiger partial charge is 0.129 e. The Kier molecular flexibility index (Phi) is 3.26. The highest BCUT2D eigenvalue weighted by Gasteiger charge is 2.26. The van der Waals surface area contributed by atoms with E-state index in [2.05, 4.69) is 51.2 Å². The largest absolute Gasteiger partial charge is 0.379 e. The maximum Gasteiger partial charge on any atom is 0.129 e. The molecule has 1 aliphatic heterocycles. The zero-order chi connectivity index (χ0) is 10.8. The van der Waals surface area contributed by atoms with Crippen molar-refractivity contribution in [1.82, 2.24) is 9.88 Å². The number of pyridine rings is 1. The Morgan fingerprint density at radius 3 is 3.00 bits per heavy atom. The minimum absolute atomic E-state index is 0.533. The molecule has 1 aromatic heterocycles. The molecule has 1 aromatic rings. The molecular weight excluding hydrogens is 254 g/mol. The second-order valence-corrected chi connectivity index (χ2v) is 4.96. The van der Waals surface area contributed by atoms with Gasteiger partial charge in [0, 0.05) is 24.8 Å². The molecule has 1 saturated heterocycles. The van der Waals surface area contributed by atoms with Gasteiger partial charge in [0.2, 0.25) is 0 Å². The molecule has 2 unspecified atom stereocenters. The van der Waals surface area contributed by atoms with Crippen LogP contribution in [0.2, 0.25) is 0 Å². The first-order valence-corrected chi connectivity index (χ1v) is 6.03. The van der Waals surface area contributed by atoms with Crippen LogP contribution >= 0.6 is 15.9 Å². The Morgan fingerprint density at radius 1 is 1.60 bits per heavy atom. The minimum Gasteiger partial charge on any atom is -0.379 e. The van der Waals surface area contributed by atoms with Gasteiger partial charge in [-0.3, -0.25) is 0 Å². The van der Waals surface area contributed by atoms with E-state index in [1.165, 1.54) is 6.42 Å². The standard InChI is InChI=1S/C11H16BrN3/c1-8-6-9(7-15(8)2)14-10-4-3-5-13-11(10)12/h3-5,8-9,14H,6-7H2,1-2H3. The molecule has 0 spiro atoms. The van der Waals surface area contributed by atoms with Gasteiger partial charge in [-0.05, 0) is 48.5 Å². The van der Waals surface area contributed by atoms with E-state index in [1.54, 1.807) is 6.20 Å². The SMILES string of the molecule is CC1CC(Nc2cccnc2Br)CN1C. The van der Waals surface area contributed by atoms with Crippen molar-refractivity contribution in [2.24, 2.45) is 0 Å². The second-order valence-electron chi connectivity index (χ2n) is 4.21. The highest BCUT2D eigenvalue weighted by atomic mass is 79.9. The third-order valence-corrected chi connectivity index (χ3v) is 3.64. The predicted molar refractivity (Wildman–Crippen MR) is 66.1 cm³/mol. The highest BCUT2D eigenvalue weighted by Crippen LogP contribution is 2.23. The van der Waals surface area contributed by atoms with E-state index < -0.39 is 0 Å². The topological polar surface area (TPSA) is 28.2 Å². The first-order chi connectivity index (χ1) is 7.16. The molecule has 3 nitrogen and oxygen atoms in total. The van der Waals surface area contributed by atoms with Crippen molar-refractivity contribution in [3.05, 3.63) is 22.9 Å². The average molecular weight is 270 g/mol. The molecule has 0 radical (unpaired) electrons. The maximum absolute atomic E-state index is 4.20. The molecule has 0 amide bonds. The van der Waals surface area contributed by atoms with Gasteiger partial charge < -0.3 is 10.2 Å². The van der Waals surface area contributed by atoms with Crippen molar-refractivity contribution in [2.75, 3.05) is 18.9 Å². The van der Waals surface area contributed by atoms with E-state index in [9.17, 15) is 0 Å². The third kappa shape index (κ3) is 2.49. The summed E-state index contributed by atoms with van der Waals surface area (Å²) < 4.78 is 0.896. The quantitative estimate of drug-likeness (QED) is 0.836. The number of hydrogen-bond acceptors (Lipinski definition) is 3. The summed E-state index contributed by atoms with van der Waals surface area (Å²) >= 11 is 3.45. The Bertz CT molecular complexity index is 332. The molecule has 1 aliphatic rings. The van der Waals surface area contributed by atoms with Crippen molar-refractivity contribution in [1.29, 1.82) is 0 Å². The highest BCUT2D eigenvalue weighted by molar-refractivity contribution is 9.10. The van der Waals surface area contributed by atoms with Crippen LogP contribution in [-0.2, 0) is 0 Å². The zero-order valence-electron chi connectivity index (χ0n) is 9.07. The van der Waals surface area contributed by atoms with E-state index in [4.69, 9.17) is 0 Å². The molecule has 0 bridgehead atoms. The van der Waals surface area contributed by atoms with Gasteiger partial charge in [-0.25, -0.2) is 4.98 Å². The Morgan fingerprint density at radius 2 is 2.40 bits per heavy atom. The van der Waals surface area contributed by atoms with E-state index in [0.717, 1.165) is 16.8 Å². The van der Waals surface area contributed by atoms with Crippen LogP contribution in [0.5, 0.6) is 0 Å². The van der Waals surface area contributed by atoms with Crippen LogP contribution in [0.4, 0.5) is 5.69 Å². The number of likely N-dealkylation sites (N-methyl/N-ethyl adjacent to an activating group) is 1. The zero-order valence-corrected chi connectivity index (χ0v) is 10.7. The molecule has 4 heteroatoms. The van der Waals surface area contributed by atoms with Crippen molar-refractivity contribution in [3.63, 3.8) is 0 Å². The summed E-state index contributed by atoms with van der Waals surface area (Å²) in [4.78, 5) is 6.58. The van der Waals surface area contributed by atoms with Crippen molar-refractivity contribution in [2.45, 2.75) is 25.4 Å². The number of rotatable bonds is 2. The van der Waals surface area contributed by atoms with Crippen LogP contribution in [0, 0.1) is 0 Å². The van der Waals surface area contributed by atoms with Gasteiger partial charge in [-0.1, -0.05) is 0 Å². The lowest BCUT2D eigenvalue weighted by Gasteiger charge is -2.14. The molecule has 0 aromatic carbocycles. The molecular formula is C11H16BrN3. The van der Waals surface area contributed by atoms with Crippen LogP contribution in [0.3, 0.4) is 0 Å². The van der Waals surface area contributed by atoms with Gasteiger partial charge in [0.25, 0.3) is 0 Å². The lowest BCUT2D eigenvalue weighted by atomic mass is 10.2. The van der Waals surface area contributed by atoms with Crippen LogP contribution < -0.4 is 5.32 Å². The summed E-state index contributed by atoms with van der Waals surface area (Å²) in [6.07, 6.45) is 2.98. The first kappa shape index (κ1) is 10.9. The Hall–Kier alpha value is -0.610. The van der Waals surface area contributed by atoms with Gasteiger partial charge in [0.1, 0.15) is 4.60 Å². The number of anilines is 1. The van der Waals surface area contributed by atoms with Crippen LogP contribution in [0.25, 0.3) is 0 Å². The van der Waals surface area contributed by atoms with Crippen molar-refractivity contribution < 1.29 is 0 Å². The second kappa shape index (κ2) is 4.49. The van der Waals surface area contributed by atoms with E-state index in [1.807, 2.05) is 6.07 Å². The first-order valence-electron chi connectivity index (χ1n) is 5.24. The number of likely N-dealkylation sites (tertiary alicyclic amines) is 1. The third-order valence-electron chi connectivity index (χ3n) is 3.01. The fourth-order valence-corrected chi connectivity index (χ4v) is 2.38. The van der Waals surface area contributed by atoms with Gasteiger partial charge in [-0.2, -0.15) is 0 Å². The number of nitrogens with one attached hydrogen (secondary N) is 1. The summed E-state index contributed by atoms with van der Waals surface area (Å²) in [7, 11) is 2.17. The normalized spacial score (nSPS) is 26.9. The molecule has 1 fully saturated rings. The lowest BCUT2D eigenvalue weighted by Crippen LogP contribution is -2.25. The molecule has 0 saturated carbocycles. The Labute approximate surface area is 99.0 Å². The number of aromatic nitrogens is 1. The fraction of sp³-hybridized carbons (Fsp3) is 0.545. The van der Waals surface area contributed by atoms with E-state index in [-0.39, 0.29) is 0 Å². The molecule has 1 N–H and O–H groups in total. The minimum atomic E-state index is 0.533. The molecule has 2 heterocycles. The summed E-state index contributed by atoms with van der Waals surface area (Å²) in [5.74, 6) is 0. The lowest BCUT2D eigenvalue weighted by molar-refractivity contribution is 0.330. The van der Waals surface area contributed by atoms with E-state index in [0.29, 0.717) is 12.1 Å². The van der Waals surface area contributed by atoms with Crippen molar-refractivity contribution in [3.8, 4) is 0 Å². The molecule has 82 valence electrons. The van der Waals surface area contributed by atoms with Crippen LogP contribution in [0.1, 0.15) is 13.3 Å². The summed E-state index contributed by atoms with van der Waals surface area (Å²) in [6, 6.07) is 5.21. The number of halogens is 1. The van der Waals surface area contributed by atoms with Gasteiger partial charge in [0.05, 0.1) is 5.69 Å². The summed E-state index contributed by atoms with van der Waals surface area (Å²) in [5, 5.41) is 3.52. The molecule has 2 rings (SSSR count). The van der Waals surface area contributed by atoms with Crippen molar-refractivity contribution >= 4 is 21.6 Å².